The van der Waals surface area contributed by atoms with E-state index in [4.69, 9.17) is 9.72 Å². The Hall–Kier alpha value is -4.03. The van der Waals surface area contributed by atoms with Gasteiger partial charge in [0, 0.05) is 30.1 Å². The first-order chi connectivity index (χ1) is 20.2. The van der Waals surface area contributed by atoms with Gasteiger partial charge in [-0.15, -0.1) is 0 Å². The highest BCUT2D eigenvalue weighted by molar-refractivity contribution is 7.91. The number of ether oxygens (including phenoxy) is 1. The van der Waals surface area contributed by atoms with Gasteiger partial charge in [-0.3, -0.25) is 9.78 Å². The Bertz CT molecular complexity index is 1850. The number of amides is 1. The topological polar surface area (TPSA) is 114 Å². The van der Waals surface area contributed by atoms with E-state index >= 15 is 0 Å². The van der Waals surface area contributed by atoms with E-state index in [2.05, 4.69) is 15.3 Å². The molecule has 216 valence electrons. The number of hydrogen-bond donors (Lipinski definition) is 1. The van der Waals surface area contributed by atoms with Gasteiger partial charge >= 0.3 is 0 Å². The van der Waals surface area contributed by atoms with E-state index in [0.29, 0.717) is 40.6 Å². The van der Waals surface area contributed by atoms with Crippen LogP contribution in [0.15, 0.2) is 59.6 Å². The number of pyridine rings is 3. The summed E-state index contributed by atoms with van der Waals surface area (Å²) >= 11 is 0. The average Bonchev–Trinajstić information content (AvgIpc) is 3.67. The van der Waals surface area contributed by atoms with Crippen molar-refractivity contribution in [2.45, 2.75) is 49.2 Å². The van der Waals surface area contributed by atoms with Crippen LogP contribution < -0.4 is 10.2 Å². The molecule has 0 spiro atoms. The second-order valence-corrected chi connectivity index (χ2v) is 13.0. The molecule has 0 bridgehead atoms. The summed E-state index contributed by atoms with van der Waals surface area (Å²) in [6, 6.07) is 13.8. The fourth-order valence-corrected chi connectivity index (χ4v) is 6.93. The first kappa shape index (κ1) is 26.8. The lowest BCUT2D eigenvalue weighted by molar-refractivity contribution is 0.0949. The predicted molar refractivity (Wildman–Crippen MR) is 151 cm³/mol. The number of carbonyl (C=O) groups is 1. The number of aromatic nitrogens is 3. The van der Waals surface area contributed by atoms with Crippen molar-refractivity contribution in [1.29, 1.82) is 0 Å². The lowest BCUT2D eigenvalue weighted by Crippen LogP contribution is -2.27. The number of nitrogens with zero attached hydrogens (tertiary/aromatic N) is 4. The SMILES string of the molecule is O=C(NCc1cc2nc(N3CCCc4ccc([C@H]5CC5(F)F)nc43)ccc2cn1)c1ccc2c(c1)S(=O)(=O)CCOC2. The van der Waals surface area contributed by atoms with Gasteiger partial charge < -0.3 is 15.0 Å². The molecule has 1 saturated carbocycles. The minimum atomic E-state index is -3.53. The molecule has 7 rings (SSSR count). The highest BCUT2D eigenvalue weighted by atomic mass is 32.2. The highest BCUT2D eigenvalue weighted by Gasteiger charge is 2.58. The molecule has 1 atom stereocenters. The van der Waals surface area contributed by atoms with Crippen molar-refractivity contribution in [1.82, 2.24) is 20.3 Å². The zero-order chi connectivity index (χ0) is 29.1. The van der Waals surface area contributed by atoms with Crippen LogP contribution in [-0.4, -0.2) is 54.1 Å². The van der Waals surface area contributed by atoms with E-state index in [0.717, 1.165) is 23.8 Å². The van der Waals surface area contributed by atoms with Crippen LogP contribution in [0.4, 0.5) is 20.4 Å². The molecule has 3 aromatic heterocycles. The Labute approximate surface area is 240 Å². The summed E-state index contributed by atoms with van der Waals surface area (Å²) in [5.41, 5.74) is 3.43. The van der Waals surface area contributed by atoms with Crippen molar-refractivity contribution in [2.75, 3.05) is 23.8 Å². The number of nitrogens with one attached hydrogen (secondary N) is 1. The number of fused-ring (bicyclic) bond motifs is 3. The third-order valence-corrected chi connectivity index (χ3v) is 9.74. The molecule has 12 heteroatoms. The lowest BCUT2D eigenvalue weighted by Gasteiger charge is -2.29. The van der Waals surface area contributed by atoms with Gasteiger partial charge in [-0.25, -0.2) is 27.2 Å². The van der Waals surface area contributed by atoms with Crippen LogP contribution in [0.25, 0.3) is 10.9 Å². The largest absolute Gasteiger partial charge is 0.376 e. The van der Waals surface area contributed by atoms with Crippen molar-refractivity contribution in [3.8, 4) is 0 Å². The summed E-state index contributed by atoms with van der Waals surface area (Å²) in [4.78, 5) is 29.0. The van der Waals surface area contributed by atoms with E-state index in [1.165, 1.54) is 6.07 Å². The quantitative estimate of drug-likeness (QED) is 0.362. The average molecular weight is 592 g/mol. The van der Waals surface area contributed by atoms with Crippen LogP contribution in [0.1, 0.15) is 51.6 Å². The molecule has 4 aromatic rings. The van der Waals surface area contributed by atoms with Gasteiger partial charge in [0.15, 0.2) is 9.84 Å². The van der Waals surface area contributed by atoms with Crippen molar-refractivity contribution in [3.63, 3.8) is 0 Å². The van der Waals surface area contributed by atoms with Gasteiger partial charge in [0.1, 0.15) is 11.6 Å². The van der Waals surface area contributed by atoms with E-state index in [9.17, 15) is 22.0 Å². The molecule has 1 aromatic carbocycles. The summed E-state index contributed by atoms with van der Waals surface area (Å²) in [6.07, 6.45) is 3.22. The monoisotopic (exact) mass is 591 g/mol. The number of alkyl halides is 2. The number of hydrogen-bond acceptors (Lipinski definition) is 8. The maximum Gasteiger partial charge on any atom is 0.257 e. The molecule has 5 heterocycles. The molecule has 9 nitrogen and oxygen atoms in total. The molecule has 1 amide bonds. The number of anilines is 2. The van der Waals surface area contributed by atoms with Crippen LogP contribution in [0.3, 0.4) is 0 Å². The maximum absolute atomic E-state index is 13.7. The first-order valence-corrected chi connectivity index (χ1v) is 15.5. The van der Waals surface area contributed by atoms with Crippen LogP contribution in [0, 0.1) is 0 Å². The summed E-state index contributed by atoms with van der Waals surface area (Å²) in [5, 5.41) is 3.62. The number of benzene rings is 1. The van der Waals surface area contributed by atoms with E-state index in [-0.39, 0.29) is 42.4 Å². The van der Waals surface area contributed by atoms with Gasteiger partial charge in [-0.05, 0) is 60.4 Å². The highest BCUT2D eigenvalue weighted by Crippen LogP contribution is 2.55. The molecule has 0 radical (unpaired) electrons. The lowest BCUT2D eigenvalue weighted by atomic mass is 10.0. The minimum absolute atomic E-state index is 0.112. The number of carbonyl (C=O) groups excluding carboxylic acids is 1. The molecular weight excluding hydrogens is 564 g/mol. The Balaban J connectivity index is 1.11. The standard InChI is InChI=1S/C30H27F2N5O4S/c31-30(32)14-23(30)24-7-5-18-2-1-9-37(28(18)36-24)27-8-6-20-15-33-22(13-25(20)35-27)16-34-29(38)19-3-4-21-17-41-10-11-42(39,40)26(21)12-19/h3-8,12-13,15,23H,1-2,9-11,14,16-17H2,(H,34,38)/t23-/m1/s1. The third kappa shape index (κ3) is 4.98. The molecule has 1 N–H and O–H groups in total. The molecular formula is C30H27F2N5O4S. The fourth-order valence-electron chi connectivity index (χ4n) is 5.54. The molecule has 1 aliphatic carbocycles. The van der Waals surface area contributed by atoms with E-state index in [1.54, 1.807) is 30.5 Å². The molecule has 2 aliphatic heterocycles. The molecule has 0 saturated heterocycles. The smallest absolute Gasteiger partial charge is 0.257 e. The summed E-state index contributed by atoms with van der Waals surface area (Å²) in [6.45, 7) is 1.08. The fraction of sp³-hybridized carbons (Fsp3) is 0.333. The number of sulfone groups is 1. The summed E-state index contributed by atoms with van der Waals surface area (Å²) in [5.74, 6) is -2.74. The van der Waals surface area contributed by atoms with E-state index in [1.807, 2.05) is 23.1 Å². The number of halogens is 2. The predicted octanol–water partition coefficient (Wildman–Crippen LogP) is 4.47. The van der Waals surface area contributed by atoms with Crippen LogP contribution in [0.5, 0.6) is 0 Å². The molecule has 1 fully saturated rings. The zero-order valence-electron chi connectivity index (χ0n) is 22.5. The summed E-state index contributed by atoms with van der Waals surface area (Å²) in [7, 11) is -3.53. The van der Waals surface area contributed by atoms with Crippen LogP contribution in [-0.2, 0) is 34.1 Å². The van der Waals surface area contributed by atoms with Gasteiger partial charge in [0.2, 0.25) is 0 Å². The number of rotatable bonds is 5. The second kappa shape index (κ2) is 10.1. The van der Waals surface area contributed by atoms with Crippen molar-refractivity contribution in [2.24, 2.45) is 0 Å². The second-order valence-electron chi connectivity index (χ2n) is 10.9. The molecule has 0 unspecified atom stereocenters. The van der Waals surface area contributed by atoms with Gasteiger partial charge in [-0.2, -0.15) is 0 Å². The Morgan fingerprint density at radius 1 is 1.10 bits per heavy atom. The van der Waals surface area contributed by atoms with Crippen LogP contribution in [0.2, 0.25) is 0 Å². The molecule has 42 heavy (non-hydrogen) atoms. The maximum atomic E-state index is 13.7. The molecule has 3 aliphatic rings. The number of aryl methyl sites for hydroxylation is 1. The van der Waals surface area contributed by atoms with Crippen molar-refractivity contribution in [3.05, 3.63) is 82.8 Å². The van der Waals surface area contributed by atoms with Gasteiger partial charge in [0.05, 0.1) is 53.2 Å². The Morgan fingerprint density at radius 3 is 2.76 bits per heavy atom. The first-order valence-electron chi connectivity index (χ1n) is 13.8. The zero-order valence-corrected chi connectivity index (χ0v) is 23.3. The van der Waals surface area contributed by atoms with Crippen LogP contribution >= 0.6 is 0 Å². The van der Waals surface area contributed by atoms with E-state index < -0.39 is 27.6 Å². The van der Waals surface area contributed by atoms with Gasteiger partial charge in [0.25, 0.3) is 11.8 Å². The Morgan fingerprint density at radius 2 is 1.93 bits per heavy atom. The normalized spacial score (nSPS) is 20.3. The van der Waals surface area contributed by atoms with Crippen molar-refractivity contribution < 1.29 is 26.7 Å². The Kier molecular flexibility index (Phi) is 6.43. The summed E-state index contributed by atoms with van der Waals surface area (Å²) < 4.78 is 58.0. The third-order valence-electron chi connectivity index (χ3n) is 7.98. The minimum Gasteiger partial charge on any atom is -0.376 e. The van der Waals surface area contributed by atoms with Crippen molar-refractivity contribution >= 4 is 38.3 Å². The van der Waals surface area contributed by atoms with Gasteiger partial charge in [-0.1, -0.05) is 12.1 Å².